The Morgan fingerprint density at radius 3 is 1.48 bits per heavy atom. The van der Waals surface area contributed by atoms with E-state index in [1.807, 2.05) is 115 Å². The van der Waals surface area contributed by atoms with Crippen molar-refractivity contribution in [2.45, 2.75) is 19.5 Å². The van der Waals surface area contributed by atoms with Crippen molar-refractivity contribution < 1.29 is 13.2 Å². The van der Waals surface area contributed by atoms with Crippen molar-refractivity contribution in [2.75, 3.05) is 0 Å². The van der Waals surface area contributed by atoms with Gasteiger partial charge in [0.25, 0.3) is 0 Å². The molecule has 0 radical (unpaired) electrons. The molecule has 2 heterocycles. The molecule has 0 N–H and O–H groups in total. The number of nitrogens with zero attached hydrogens (tertiary/aromatic N) is 4. The summed E-state index contributed by atoms with van der Waals surface area (Å²) >= 11 is 0. The van der Waals surface area contributed by atoms with Gasteiger partial charge in [-0.05, 0) is 71.1 Å². The molecule has 258 valence electrons. The Hall–Kier alpha value is -7.09. The molecule has 0 amide bonds. The smallest absolute Gasteiger partial charge is 0.308 e. The van der Waals surface area contributed by atoms with Crippen LogP contribution in [-0.4, -0.2) is 9.13 Å². The number of benzene rings is 7. The summed E-state index contributed by atoms with van der Waals surface area (Å²) in [5.74, 6) is 0. The van der Waals surface area contributed by atoms with Gasteiger partial charge < -0.3 is 9.13 Å². The average Bonchev–Trinajstić information content (AvgIpc) is 3.72. The van der Waals surface area contributed by atoms with Crippen molar-refractivity contribution in [1.29, 1.82) is 10.5 Å². The summed E-state index contributed by atoms with van der Waals surface area (Å²) in [5.41, 5.74) is 7.50. The maximum atomic E-state index is 13.9. The van der Waals surface area contributed by atoms with E-state index in [0.29, 0.717) is 56.7 Å². The van der Waals surface area contributed by atoms with Gasteiger partial charge in [-0.2, -0.15) is 23.7 Å². The van der Waals surface area contributed by atoms with Crippen LogP contribution in [0, 0.1) is 22.7 Å². The van der Waals surface area contributed by atoms with Gasteiger partial charge >= 0.3 is 6.18 Å². The lowest BCUT2D eigenvalue weighted by Gasteiger charge is -2.21. The largest absolute Gasteiger partial charge is 0.416 e. The Kier molecular flexibility index (Phi) is 7.62. The monoisotopic (exact) mass is 706 g/mol. The fourth-order valence-corrected chi connectivity index (χ4v) is 7.95. The first-order valence-corrected chi connectivity index (χ1v) is 17.6. The van der Waals surface area contributed by atoms with Crippen LogP contribution in [0.4, 0.5) is 13.2 Å². The van der Waals surface area contributed by atoms with E-state index >= 15 is 0 Å². The number of para-hydroxylation sites is 4. The van der Waals surface area contributed by atoms with Crippen molar-refractivity contribution in [1.82, 2.24) is 9.13 Å². The minimum absolute atomic E-state index is 0.359. The third kappa shape index (κ3) is 5.05. The van der Waals surface area contributed by atoms with Gasteiger partial charge in [-0.25, -0.2) is 0 Å². The third-order valence-corrected chi connectivity index (χ3v) is 10.4. The normalized spacial score (nSPS) is 11.7. The molecule has 2 aromatic heterocycles. The Morgan fingerprint density at radius 1 is 0.537 bits per heavy atom. The third-order valence-electron chi connectivity index (χ3n) is 10.4. The first-order chi connectivity index (χ1) is 26.3. The Morgan fingerprint density at radius 2 is 1.02 bits per heavy atom. The van der Waals surface area contributed by atoms with E-state index < -0.39 is 11.7 Å². The molecule has 7 heteroatoms. The highest BCUT2D eigenvalue weighted by Gasteiger charge is 2.31. The van der Waals surface area contributed by atoms with Gasteiger partial charge in [0.05, 0.1) is 50.1 Å². The average molecular weight is 707 g/mol. The highest BCUT2D eigenvalue weighted by Crippen LogP contribution is 2.44. The zero-order chi connectivity index (χ0) is 37.1. The van der Waals surface area contributed by atoms with Crippen molar-refractivity contribution in [2.24, 2.45) is 0 Å². The van der Waals surface area contributed by atoms with Crippen LogP contribution in [-0.2, 0) is 12.6 Å². The number of hydrogen-bond donors (Lipinski definition) is 0. The van der Waals surface area contributed by atoms with Crippen molar-refractivity contribution in [3.05, 3.63) is 168 Å². The summed E-state index contributed by atoms with van der Waals surface area (Å²) in [6, 6.07) is 50.2. The standard InChI is InChI=1S/C47H29F3N4/c1-2-29-23-32(25-34(24-29)47(48,49)50)30-19-21-31(22-20-30)45-39(28-52)44(53-40-15-7-3-11-35(40)36-12-4-8-16-41(36)53)26-33(27-51)46(45)54-42-17-9-5-13-37(42)38-14-6-10-18-43(38)54/h3-26H,2H2,1H3. The number of halogens is 3. The van der Waals surface area contributed by atoms with Gasteiger partial charge in [0, 0.05) is 27.1 Å². The molecule has 0 fully saturated rings. The Labute approximate surface area is 308 Å². The molecular weight excluding hydrogens is 678 g/mol. The van der Waals surface area contributed by atoms with E-state index in [0.717, 1.165) is 43.6 Å². The number of fused-ring (bicyclic) bond motifs is 6. The number of alkyl halides is 3. The second kappa shape index (κ2) is 12.5. The highest BCUT2D eigenvalue weighted by molar-refractivity contribution is 6.11. The van der Waals surface area contributed by atoms with Gasteiger partial charge in [-0.1, -0.05) is 110 Å². The van der Waals surface area contributed by atoms with E-state index in [2.05, 4.69) is 28.8 Å². The zero-order valence-corrected chi connectivity index (χ0v) is 29.0. The molecule has 0 saturated heterocycles. The predicted molar refractivity (Wildman–Crippen MR) is 210 cm³/mol. The quantitative estimate of drug-likeness (QED) is 0.179. The summed E-state index contributed by atoms with van der Waals surface area (Å²) in [6.45, 7) is 1.83. The van der Waals surface area contributed by atoms with Gasteiger partial charge in [0.1, 0.15) is 12.1 Å². The van der Waals surface area contributed by atoms with Crippen LogP contribution in [0.1, 0.15) is 29.2 Å². The van der Waals surface area contributed by atoms with Crippen molar-refractivity contribution in [3.63, 3.8) is 0 Å². The summed E-state index contributed by atoms with van der Waals surface area (Å²) in [5, 5.41) is 26.3. The fourth-order valence-electron chi connectivity index (χ4n) is 7.95. The van der Waals surface area contributed by atoms with E-state index in [4.69, 9.17) is 0 Å². The van der Waals surface area contributed by atoms with Crippen LogP contribution in [0.15, 0.2) is 146 Å². The first kappa shape index (κ1) is 32.8. The number of hydrogen-bond acceptors (Lipinski definition) is 2. The molecule has 0 bridgehead atoms. The summed E-state index contributed by atoms with van der Waals surface area (Å²) in [6.07, 6.45) is -4.03. The molecule has 0 aliphatic rings. The number of aryl methyl sites for hydroxylation is 1. The molecule has 4 nitrogen and oxygen atoms in total. The van der Waals surface area contributed by atoms with Gasteiger partial charge in [-0.15, -0.1) is 0 Å². The number of aromatic nitrogens is 2. The summed E-state index contributed by atoms with van der Waals surface area (Å²) < 4.78 is 45.9. The van der Waals surface area contributed by atoms with Gasteiger partial charge in [0.2, 0.25) is 0 Å². The minimum Gasteiger partial charge on any atom is -0.308 e. The maximum Gasteiger partial charge on any atom is 0.416 e. The minimum atomic E-state index is -4.49. The number of nitriles is 2. The molecule has 0 aliphatic heterocycles. The second-order valence-electron chi connectivity index (χ2n) is 13.4. The predicted octanol–water partition coefficient (Wildman–Crippen LogP) is 12.5. The molecular formula is C47H29F3N4. The lowest BCUT2D eigenvalue weighted by Crippen LogP contribution is -2.08. The summed E-state index contributed by atoms with van der Waals surface area (Å²) in [7, 11) is 0. The Bertz CT molecular complexity index is 2930. The second-order valence-corrected chi connectivity index (χ2v) is 13.4. The molecule has 54 heavy (non-hydrogen) atoms. The molecule has 7 aromatic carbocycles. The van der Waals surface area contributed by atoms with Crippen LogP contribution < -0.4 is 0 Å². The number of rotatable bonds is 5. The van der Waals surface area contributed by atoms with E-state index in [9.17, 15) is 23.7 Å². The van der Waals surface area contributed by atoms with Gasteiger partial charge in [-0.3, -0.25) is 0 Å². The molecule has 0 atom stereocenters. The highest BCUT2D eigenvalue weighted by atomic mass is 19.4. The molecule has 0 spiro atoms. The molecule has 0 saturated carbocycles. The van der Waals surface area contributed by atoms with Gasteiger partial charge in [0.15, 0.2) is 0 Å². The Balaban J connectivity index is 1.39. The van der Waals surface area contributed by atoms with Crippen molar-refractivity contribution in [3.8, 4) is 45.8 Å². The lowest BCUT2D eigenvalue weighted by atomic mass is 9.91. The fraction of sp³-hybridized carbons (Fsp3) is 0.0638. The SMILES string of the molecule is CCc1cc(-c2ccc(-c3c(C#N)c(-n4c5ccccc5c5ccccc54)cc(C#N)c3-n3c4ccccc4c4ccccc43)cc2)cc(C(F)(F)F)c1. The van der Waals surface area contributed by atoms with Crippen LogP contribution in [0.3, 0.4) is 0 Å². The van der Waals surface area contributed by atoms with Crippen LogP contribution in [0.5, 0.6) is 0 Å². The van der Waals surface area contributed by atoms with Crippen molar-refractivity contribution >= 4 is 43.6 Å². The van der Waals surface area contributed by atoms with E-state index in [-0.39, 0.29) is 0 Å². The first-order valence-electron chi connectivity index (χ1n) is 17.6. The maximum absolute atomic E-state index is 13.9. The lowest BCUT2D eigenvalue weighted by molar-refractivity contribution is -0.137. The molecule has 0 unspecified atom stereocenters. The molecule has 0 aliphatic carbocycles. The molecule has 9 aromatic rings. The topological polar surface area (TPSA) is 57.4 Å². The molecule has 9 rings (SSSR count). The van der Waals surface area contributed by atoms with Crippen LogP contribution in [0.25, 0.3) is 77.2 Å². The van der Waals surface area contributed by atoms with Crippen LogP contribution >= 0.6 is 0 Å². The van der Waals surface area contributed by atoms with Crippen LogP contribution in [0.2, 0.25) is 0 Å². The van der Waals surface area contributed by atoms with E-state index in [1.54, 1.807) is 18.2 Å². The summed E-state index contributed by atoms with van der Waals surface area (Å²) in [4.78, 5) is 0. The zero-order valence-electron chi connectivity index (χ0n) is 29.0. The van der Waals surface area contributed by atoms with E-state index in [1.165, 1.54) is 12.1 Å².